The first kappa shape index (κ1) is 12.3. The van der Waals surface area contributed by atoms with Gasteiger partial charge < -0.3 is 5.32 Å². The molecule has 15 heavy (non-hydrogen) atoms. The van der Waals surface area contributed by atoms with E-state index < -0.39 is 12.1 Å². The van der Waals surface area contributed by atoms with Crippen LogP contribution in [0.15, 0.2) is 0 Å². The van der Waals surface area contributed by atoms with E-state index in [1.54, 1.807) is 0 Å². The molecule has 1 atom stereocenters. The molecule has 0 amide bonds. The first-order chi connectivity index (χ1) is 6.93. The fourth-order valence-electron chi connectivity index (χ4n) is 1.81. The van der Waals surface area contributed by atoms with Crippen molar-refractivity contribution < 1.29 is 13.2 Å². The second-order valence-corrected chi connectivity index (χ2v) is 4.09. The van der Waals surface area contributed by atoms with Crippen LogP contribution in [-0.4, -0.2) is 18.3 Å². The van der Waals surface area contributed by atoms with Gasteiger partial charge in [-0.05, 0) is 25.7 Å². The maximum Gasteiger partial charge on any atom is 0.405 e. The molecule has 1 saturated carbocycles. The van der Waals surface area contributed by atoms with Gasteiger partial charge in [0.05, 0.1) is 6.07 Å². The summed E-state index contributed by atoms with van der Waals surface area (Å²) in [5, 5.41) is 11.3. The van der Waals surface area contributed by atoms with Crippen LogP contribution in [0.2, 0.25) is 0 Å². The van der Waals surface area contributed by atoms with E-state index >= 15 is 0 Å². The van der Waals surface area contributed by atoms with Gasteiger partial charge in [-0.3, -0.25) is 0 Å². The van der Waals surface area contributed by atoms with E-state index in [-0.39, 0.29) is 12.1 Å². The molecule has 0 heterocycles. The Kier molecular flexibility index (Phi) is 3.61. The van der Waals surface area contributed by atoms with Crippen LogP contribution in [-0.2, 0) is 0 Å². The summed E-state index contributed by atoms with van der Waals surface area (Å²) >= 11 is 0. The lowest BCUT2D eigenvalue weighted by Gasteiger charge is -2.42. The van der Waals surface area contributed by atoms with Gasteiger partial charge in [-0.15, -0.1) is 0 Å². The highest BCUT2D eigenvalue weighted by atomic mass is 19.4. The van der Waals surface area contributed by atoms with Crippen molar-refractivity contribution in [2.45, 2.75) is 44.3 Å². The molecular formula is C10H15F3N2. The number of halogens is 3. The molecule has 1 unspecified atom stereocenters. The van der Waals surface area contributed by atoms with E-state index in [1.807, 2.05) is 6.92 Å². The SMILES string of the molecule is CCC1(NCC(C#N)C(F)(F)F)CCC1. The van der Waals surface area contributed by atoms with Crippen LogP contribution in [0.5, 0.6) is 0 Å². The van der Waals surface area contributed by atoms with E-state index in [0.717, 1.165) is 25.7 Å². The van der Waals surface area contributed by atoms with Gasteiger partial charge in [0.2, 0.25) is 0 Å². The Hall–Kier alpha value is -0.760. The Morgan fingerprint density at radius 3 is 2.33 bits per heavy atom. The third kappa shape index (κ3) is 2.85. The van der Waals surface area contributed by atoms with Crippen molar-refractivity contribution in [2.75, 3.05) is 6.54 Å². The maximum absolute atomic E-state index is 12.3. The van der Waals surface area contributed by atoms with Crippen molar-refractivity contribution in [3.8, 4) is 6.07 Å². The van der Waals surface area contributed by atoms with Crippen molar-refractivity contribution in [2.24, 2.45) is 5.92 Å². The van der Waals surface area contributed by atoms with Crippen LogP contribution in [0, 0.1) is 17.2 Å². The minimum absolute atomic E-state index is 0.139. The zero-order valence-electron chi connectivity index (χ0n) is 8.69. The fraction of sp³-hybridized carbons (Fsp3) is 0.900. The summed E-state index contributed by atoms with van der Waals surface area (Å²) in [5.74, 6) is -1.89. The second kappa shape index (κ2) is 4.40. The van der Waals surface area contributed by atoms with Gasteiger partial charge in [-0.1, -0.05) is 6.92 Å². The third-order valence-electron chi connectivity index (χ3n) is 3.22. The number of alkyl halides is 3. The standard InChI is InChI=1S/C10H15F3N2/c1-2-9(4-3-5-9)15-7-8(6-14)10(11,12)13/h8,15H,2-5,7H2,1H3. The lowest BCUT2D eigenvalue weighted by atomic mass is 9.74. The summed E-state index contributed by atoms with van der Waals surface area (Å²) in [6.45, 7) is 1.68. The van der Waals surface area contributed by atoms with E-state index in [0.29, 0.717) is 0 Å². The first-order valence-electron chi connectivity index (χ1n) is 5.15. The highest BCUT2D eigenvalue weighted by Crippen LogP contribution is 2.35. The molecule has 0 aromatic heterocycles. The Balaban J connectivity index is 2.45. The van der Waals surface area contributed by atoms with Crippen LogP contribution in [0.25, 0.3) is 0 Å². The maximum atomic E-state index is 12.3. The number of hydrogen-bond donors (Lipinski definition) is 1. The lowest BCUT2D eigenvalue weighted by molar-refractivity contribution is -0.159. The van der Waals surface area contributed by atoms with Crippen LogP contribution in [0.1, 0.15) is 32.6 Å². The molecule has 1 fully saturated rings. The molecule has 0 saturated heterocycles. The predicted molar refractivity (Wildman–Crippen MR) is 50.0 cm³/mol. The summed E-state index contributed by atoms with van der Waals surface area (Å²) in [6.07, 6.45) is -0.702. The lowest BCUT2D eigenvalue weighted by Crippen LogP contribution is -2.53. The average molecular weight is 220 g/mol. The molecule has 86 valence electrons. The molecule has 0 spiro atoms. The second-order valence-electron chi connectivity index (χ2n) is 4.09. The predicted octanol–water partition coefficient (Wildman–Crippen LogP) is 2.61. The van der Waals surface area contributed by atoms with Gasteiger partial charge in [0.15, 0.2) is 5.92 Å². The van der Waals surface area contributed by atoms with Gasteiger partial charge in [0, 0.05) is 12.1 Å². The molecular weight excluding hydrogens is 205 g/mol. The molecule has 1 rings (SSSR count). The fourth-order valence-corrected chi connectivity index (χ4v) is 1.81. The molecule has 1 N–H and O–H groups in total. The normalized spacial score (nSPS) is 21.5. The van der Waals surface area contributed by atoms with Crippen molar-refractivity contribution in [3.05, 3.63) is 0 Å². The number of nitrogens with zero attached hydrogens (tertiary/aromatic N) is 1. The van der Waals surface area contributed by atoms with E-state index in [1.165, 1.54) is 6.07 Å². The molecule has 2 nitrogen and oxygen atoms in total. The monoisotopic (exact) mass is 220 g/mol. The Morgan fingerprint density at radius 2 is 2.07 bits per heavy atom. The number of rotatable bonds is 4. The van der Waals surface area contributed by atoms with Gasteiger partial charge in [-0.2, -0.15) is 18.4 Å². The molecule has 0 aromatic rings. The zero-order chi connectivity index (χ0) is 11.5. The molecule has 1 aliphatic carbocycles. The summed E-state index contributed by atoms with van der Waals surface area (Å²) < 4.78 is 36.8. The molecule has 0 aliphatic heterocycles. The highest BCUT2D eigenvalue weighted by Gasteiger charge is 2.42. The average Bonchev–Trinajstić information content (AvgIpc) is 2.07. The quantitative estimate of drug-likeness (QED) is 0.790. The van der Waals surface area contributed by atoms with Crippen LogP contribution in [0.4, 0.5) is 13.2 Å². The molecule has 0 aromatic carbocycles. The number of hydrogen-bond acceptors (Lipinski definition) is 2. The summed E-state index contributed by atoms with van der Waals surface area (Å²) in [6, 6.07) is 1.30. The van der Waals surface area contributed by atoms with Gasteiger partial charge in [-0.25, -0.2) is 0 Å². The molecule has 0 radical (unpaired) electrons. The Morgan fingerprint density at radius 1 is 1.47 bits per heavy atom. The van der Waals surface area contributed by atoms with E-state index in [2.05, 4.69) is 5.32 Å². The van der Waals surface area contributed by atoms with Crippen LogP contribution < -0.4 is 5.32 Å². The van der Waals surface area contributed by atoms with E-state index in [4.69, 9.17) is 5.26 Å². The first-order valence-corrected chi connectivity index (χ1v) is 5.15. The minimum atomic E-state index is -4.42. The topological polar surface area (TPSA) is 35.8 Å². The number of nitrogens with one attached hydrogen (secondary N) is 1. The molecule has 0 bridgehead atoms. The van der Waals surface area contributed by atoms with E-state index in [9.17, 15) is 13.2 Å². The van der Waals surface area contributed by atoms with Gasteiger partial charge >= 0.3 is 6.18 Å². The van der Waals surface area contributed by atoms with Gasteiger partial charge in [0.25, 0.3) is 0 Å². The summed E-state index contributed by atoms with van der Waals surface area (Å²) in [4.78, 5) is 0. The zero-order valence-corrected chi connectivity index (χ0v) is 8.69. The Bertz CT molecular complexity index is 245. The number of nitriles is 1. The largest absolute Gasteiger partial charge is 0.405 e. The smallest absolute Gasteiger partial charge is 0.310 e. The van der Waals surface area contributed by atoms with Crippen molar-refractivity contribution in [1.29, 1.82) is 5.26 Å². The Labute approximate surface area is 87.5 Å². The summed E-state index contributed by atoms with van der Waals surface area (Å²) in [7, 11) is 0. The van der Waals surface area contributed by atoms with Gasteiger partial charge in [0.1, 0.15) is 0 Å². The third-order valence-corrected chi connectivity index (χ3v) is 3.22. The van der Waals surface area contributed by atoms with Crippen molar-refractivity contribution >= 4 is 0 Å². The van der Waals surface area contributed by atoms with Crippen LogP contribution >= 0.6 is 0 Å². The highest BCUT2D eigenvalue weighted by molar-refractivity contribution is 4.98. The summed E-state index contributed by atoms with van der Waals surface area (Å²) in [5.41, 5.74) is -0.139. The van der Waals surface area contributed by atoms with Crippen molar-refractivity contribution in [1.82, 2.24) is 5.32 Å². The molecule has 5 heteroatoms. The van der Waals surface area contributed by atoms with Crippen LogP contribution in [0.3, 0.4) is 0 Å². The molecule has 1 aliphatic rings. The minimum Gasteiger partial charge on any atom is -0.310 e. The van der Waals surface area contributed by atoms with Crippen molar-refractivity contribution in [3.63, 3.8) is 0 Å².